The van der Waals surface area contributed by atoms with Crippen LogP contribution in [0.15, 0.2) is 52.1 Å². The van der Waals surface area contributed by atoms with Gasteiger partial charge >= 0.3 is 16.9 Å². The van der Waals surface area contributed by atoms with Crippen LogP contribution in [-0.4, -0.2) is 26.9 Å². The summed E-state index contributed by atoms with van der Waals surface area (Å²) in [5.74, 6) is 0.302. The fraction of sp³-hybridized carbons (Fsp3) is 0.100. The Morgan fingerprint density at radius 2 is 1.69 bits per heavy atom. The number of benzene rings is 2. The molecule has 0 atom stereocenters. The Hall–Kier alpha value is -4.74. The van der Waals surface area contributed by atoms with Crippen molar-refractivity contribution in [1.29, 1.82) is 0 Å². The van der Waals surface area contributed by atoms with E-state index in [0.717, 1.165) is 23.8 Å². The molecule has 1 heterocycles. The van der Waals surface area contributed by atoms with Crippen molar-refractivity contribution < 1.29 is 19.3 Å². The van der Waals surface area contributed by atoms with E-state index in [1.54, 1.807) is 4.98 Å². The first kappa shape index (κ1) is 22.0. The molecule has 0 amide bonds. The average molecular weight is 440 g/mol. The molecule has 0 aliphatic heterocycles. The molecule has 2 N–H and O–H groups in total. The Kier molecular flexibility index (Phi) is 6.44. The monoisotopic (exact) mass is 440 g/mol. The SMILES string of the molecule is COc1cc(/C=C\c2[nH]c(=O)[nH]c(=O)c2[N+](=O)[O-])c([N+](=O)[O-])cc1OCc1ccccc1. The van der Waals surface area contributed by atoms with E-state index in [-0.39, 0.29) is 29.4 Å². The first-order valence-corrected chi connectivity index (χ1v) is 9.02. The molecule has 0 unspecified atom stereocenters. The fourth-order valence-electron chi connectivity index (χ4n) is 2.84. The molecule has 2 aromatic carbocycles. The standard InChI is InChI=1S/C20H16N4O8/c1-31-16-9-13(7-8-14-18(24(29)30)19(25)22-20(26)21-14)15(23(27)28)10-17(16)32-11-12-5-3-2-4-6-12/h2-10H,11H2,1H3,(H2,21,22,25,26)/b8-7-. The summed E-state index contributed by atoms with van der Waals surface area (Å²) in [4.78, 5) is 48.2. The van der Waals surface area contributed by atoms with Crippen molar-refractivity contribution in [3.63, 3.8) is 0 Å². The van der Waals surface area contributed by atoms with E-state index in [4.69, 9.17) is 9.47 Å². The first-order valence-electron chi connectivity index (χ1n) is 9.02. The average Bonchev–Trinajstić information content (AvgIpc) is 2.75. The van der Waals surface area contributed by atoms with Crippen LogP contribution in [-0.2, 0) is 6.61 Å². The van der Waals surface area contributed by atoms with Crippen molar-refractivity contribution in [3.8, 4) is 11.5 Å². The van der Waals surface area contributed by atoms with Crippen molar-refractivity contribution in [2.75, 3.05) is 7.11 Å². The van der Waals surface area contributed by atoms with Crippen LogP contribution in [0.25, 0.3) is 12.2 Å². The zero-order valence-corrected chi connectivity index (χ0v) is 16.6. The number of H-pyrrole nitrogens is 2. The lowest BCUT2D eigenvalue weighted by molar-refractivity contribution is -0.386. The maximum absolute atomic E-state index is 11.7. The number of aromatic amines is 2. The molecule has 0 saturated carbocycles. The molecule has 0 bridgehead atoms. The summed E-state index contributed by atoms with van der Waals surface area (Å²) < 4.78 is 10.9. The minimum absolute atomic E-state index is 0.00865. The molecular weight excluding hydrogens is 424 g/mol. The van der Waals surface area contributed by atoms with Crippen LogP contribution < -0.4 is 20.7 Å². The summed E-state index contributed by atoms with van der Waals surface area (Å²) >= 11 is 0. The van der Waals surface area contributed by atoms with Crippen molar-refractivity contribution in [1.82, 2.24) is 9.97 Å². The fourth-order valence-corrected chi connectivity index (χ4v) is 2.84. The van der Waals surface area contributed by atoms with Gasteiger partial charge in [0.05, 0.1) is 28.6 Å². The van der Waals surface area contributed by atoms with Crippen LogP contribution in [0.2, 0.25) is 0 Å². The molecule has 0 radical (unpaired) electrons. The smallest absolute Gasteiger partial charge is 0.357 e. The number of nitro benzene ring substituents is 1. The van der Waals surface area contributed by atoms with Gasteiger partial charge in [-0.1, -0.05) is 30.3 Å². The van der Waals surface area contributed by atoms with Crippen LogP contribution in [0.3, 0.4) is 0 Å². The van der Waals surface area contributed by atoms with Gasteiger partial charge in [-0.15, -0.1) is 0 Å². The van der Waals surface area contributed by atoms with Crippen LogP contribution in [0, 0.1) is 20.2 Å². The molecule has 0 spiro atoms. The number of aromatic nitrogens is 2. The Bertz CT molecular complexity index is 1310. The molecule has 32 heavy (non-hydrogen) atoms. The predicted molar refractivity (Wildman–Crippen MR) is 114 cm³/mol. The van der Waals surface area contributed by atoms with Gasteiger partial charge in [-0.3, -0.25) is 30.0 Å². The molecule has 3 rings (SSSR count). The molecule has 0 aliphatic carbocycles. The molecule has 12 heteroatoms. The molecular formula is C20H16N4O8. The number of nitrogens with zero attached hydrogens (tertiary/aromatic N) is 2. The Labute approximate surface area is 179 Å². The molecule has 3 aromatic rings. The highest BCUT2D eigenvalue weighted by atomic mass is 16.6. The van der Waals surface area contributed by atoms with Gasteiger partial charge in [0.15, 0.2) is 11.5 Å². The summed E-state index contributed by atoms with van der Waals surface area (Å²) in [6, 6.07) is 11.6. The first-order chi connectivity index (χ1) is 15.3. The maximum Gasteiger partial charge on any atom is 0.357 e. The van der Waals surface area contributed by atoms with Crippen LogP contribution in [0.5, 0.6) is 11.5 Å². The second-order valence-electron chi connectivity index (χ2n) is 6.35. The molecule has 1 aromatic heterocycles. The van der Waals surface area contributed by atoms with Gasteiger partial charge in [-0.05, 0) is 23.8 Å². The van der Waals surface area contributed by atoms with Crippen molar-refractivity contribution >= 4 is 23.5 Å². The van der Waals surface area contributed by atoms with Crippen LogP contribution >= 0.6 is 0 Å². The lowest BCUT2D eigenvalue weighted by Crippen LogP contribution is -2.25. The summed E-state index contributed by atoms with van der Waals surface area (Å²) in [7, 11) is 1.35. The number of hydrogen-bond donors (Lipinski definition) is 2. The minimum atomic E-state index is -1.20. The molecule has 0 saturated heterocycles. The number of rotatable bonds is 8. The number of nitro groups is 2. The second-order valence-corrected chi connectivity index (χ2v) is 6.35. The minimum Gasteiger partial charge on any atom is -0.493 e. The largest absolute Gasteiger partial charge is 0.493 e. The third-order valence-corrected chi connectivity index (χ3v) is 4.30. The van der Waals surface area contributed by atoms with Crippen molar-refractivity contribution in [2.45, 2.75) is 6.61 Å². The molecule has 12 nitrogen and oxygen atoms in total. The molecule has 0 fully saturated rings. The van der Waals surface area contributed by atoms with Gasteiger partial charge in [0.2, 0.25) is 0 Å². The topological polar surface area (TPSA) is 170 Å². The van der Waals surface area contributed by atoms with E-state index in [9.17, 15) is 29.8 Å². The van der Waals surface area contributed by atoms with Gasteiger partial charge in [0.1, 0.15) is 12.3 Å². The zero-order chi connectivity index (χ0) is 23.3. The summed E-state index contributed by atoms with van der Waals surface area (Å²) in [6.07, 6.45) is 2.18. The highest BCUT2D eigenvalue weighted by molar-refractivity contribution is 5.77. The highest BCUT2D eigenvalue weighted by Gasteiger charge is 2.21. The van der Waals surface area contributed by atoms with E-state index in [0.29, 0.717) is 0 Å². The number of ether oxygens (including phenoxy) is 2. The van der Waals surface area contributed by atoms with Gasteiger partial charge in [-0.2, -0.15) is 0 Å². The Morgan fingerprint density at radius 1 is 0.969 bits per heavy atom. The summed E-state index contributed by atoms with van der Waals surface area (Å²) in [6.45, 7) is 0.143. The van der Waals surface area contributed by atoms with E-state index in [2.05, 4.69) is 4.98 Å². The van der Waals surface area contributed by atoms with Crippen LogP contribution in [0.4, 0.5) is 11.4 Å². The Morgan fingerprint density at radius 3 is 2.31 bits per heavy atom. The quantitative estimate of drug-likeness (QED) is 0.397. The third kappa shape index (κ3) is 4.87. The second kappa shape index (κ2) is 9.38. The van der Waals surface area contributed by atoms with E-state index >= 15 is 0 Å². The number of methoxy groups -OCH3 is 1. The summed E-state index contributed by atoms with van der Waals surface area (Å²) in [5, 5.41) is 22.8. The van der Waals surface area contributed by atoms with Gasteiger partial charge in [0, 0.05) is 0 Å². The van der Waals surface area contributed by atoms with Crippen molar-refractivity contribution in [3.05, 3.63) is 100 Å². The van der Waals surface area contributed by atoms with E-state index in [1.807, 2.05) is 30.3 Å². The Balaban J connectivity index is 2.02. The highest BCUT2D eigenvalue weighted by Crippen LogP contribution is 2.36. The number of hydrogen-bond acceptors (Lipinski definition) is 8. The zero-order valence-electron chi connectivity index (χ0n) is 16.6. The van der Waals surface area contributed by atoms with Crippen LogP contribution in [0.1, 0.15) is 16.8 Å². The van der Waals surface area contributed by atoms with Gasteiger partial charge in [-0.25, -0.2) is 4.79 Å². The number of nitrogens with one attached hydrogen (secondary N) is 2. The van der Waals surface area contributed by atoms with E-state index < -0.39 is 32.5 Å². The molecule has 164 valence electrons. The lowest BCUT2D eigenvalue weighted by atomic mass is 10.1. The van der Waals surface area contributed by atoms with Gasteiger partial charge in [0.25, 0.3) is 5.69 Å². The normalized spacial score (nSPS) is 10.8. The van der Waals surface area contributed by atoms with Gasteiger partial charge < -0.3 is 14.5 Å². The van der Waals surface area contributed by atoms with E-state index in [1.165, 1.54) is 13.2 Å². The predicted octanol–water partition coefficient (Wildman–Crippen LogP) is 2.64. The third-order valence-electron chi connectivity index (χ3n) is 4.30. The molecule has 0 aliphatic rings. The van der Waals surface area contributed by atoms with Crippen molar-refractivity contribution in [2.24, 2.45) is 0 Å². The lowest BCUT2D eigenvalue weighted by Gasteiger charge is -2.12. The maximum atomic E-state index is 11.7. The summed E-state index contributed by atoms with van der Waals surface area (Å²) in [5.41, 5.74) is -3.01.